The van der Waals surface area contributed by atoms with Gasteiger partial charge < -0.3 is 4.74 Å². The smallest absolute Gasteiger partial charge is 0.318 e. The Hall–Kier alpha value is -4.12. The van der Waals surface area contributed by atoms with Gasteiger partial charge in [0.05, 0.1) is 22.1 Å². The number of amides is 1. The van der Waals surface area contributed by atoms with Crippen LogP contribution in [-0.2, 0) is 0 Å². The molecule has 31 heavy (non-hydrogen) atoms. The number of nitrogens with one attached hydrogen (secondary N) is 1. The number of hydrogen-bond donors (Lipinski definition) is 1. The minimum atomic E-state index is -0.759. The largest absolute Gasteiger partial charge is 0.450 e. The van der Waals surface area contributed by atoms with Crippen molar-refractivity contribution in [1.82, 2.24) is 5.43 Å². The second-order valence-corrected chi connectivity index (χ2v) is 6.96. The third-order valence-corrected chi connectivity index (χ3v) is 4.45. The van der Waals surface area contributed by atoms with E-state index in [9.17, 15) is 25.0 Å². The number of nitro groups is 2. The number of rotatable bonds is 7. The van der Waals surface area contributed by atoms with Gasteiger partial charge in [-0.1, -0.05) is 28.1 Å². The molecule has 11 heteroatoms. The van der Waals surface area contributed by atoms with E-state index < -0.39 is 27.1 Å². The van der Waals surface area contributed by atoms with E-state index in [1.807, 2.05) is 0 Å². The molecule has 0 aliphatic heterocycles. The minimum Gasteiger partial charge on any atom is -0.450 e. The van der Waals surface area contributed by atoms with E-state index in [1.165, 1.54) is 6.21 Å². The molecule has 0 aromatic heterocycles. The molecule has 0 aliphatic rings. The monoisotopic (exact) mass is 484 g/mol. The van der Waals surface area contributed by atoms with Gasteiger partial charge in [0.2, 0.25) is 5.75 Å². The van der Waals surface area contributed by atoms with Gasteiger partial charge in [0.15, 0.2) is 0 Å². The molecule has 0 fully saturated rings. The van der Waals surface area contributed by atoms with Gasteiger partial charge in [-0.25, -0.2) is 5.43 Å². The zero-order valence-electron chi connectivity index (χ0n) is 15.6. The Kier molecular flexibility index (Phi) is 6.67. The molecular weight excluding hydrogens is 472 g/mol. The highest BCUT2D eigenvalue weighted by molar-refractivity contribution is 9.10. The van der Waals surface area contributed by atoms with Gasteiger partial charge in [0.25, 0.3) is 11.6 Å². The number of nitro benzene ring substituents is 2. The van der Waals surface area contributed by atoms with Crippen LogP contribution in [0.4, 0.5) is 11.4 Å². The highest BCUT2D eigenvalue weighted by atomic mass is 79.9. The second-order valence-electron chi connectivity index (χ2n) is 6.05. The van der Waals surface area contributed by atoms with Gasteiger partial charge in [0, 0.05) is 16.1 Å². The third kappa shape index (κ3) is 5.70. The molecule has 0 spiro atoms. The van der Waals surface area contributed by atoms with Gasteiger partial charge in [0.1, 0.15) is 5.75 Å². The molecule has 0 saturated heterocycles. The van der Waals surface area contributed by atoms with Crippen LogP contribution < -0.4 is 10.2 Å². The fourth-order valence-electron chi connectivity index (χ4n) is 2.46. The van der Waals surface area contributed by atoms with E-state index in [0.29, 0.717) is 11.1 Å². The summed E-state index contributed by atoms with van der Waals surface area (Å²) < 4.78 is 6.38. The first-order valence-corrected chi connectivity index (χ1v) is 9.42. The summed E-state index contributed by atoms with van der Waals surface area (Å²) in [5.41, 5.74) is 2.44. The van der Waals surface area contributed by atoms with Crippen molar-refractivity contribution >= 4 is 39.4 Å². The van der Waals surface area contributed by atoms with E-state index in [2.05, 4.69) is 26.5 Å². The maximum absolute atomic E-state index is 12.1. The number of halogens is 1. The van der Waals surface area contributed by atoms with Crippen LogP contribution in [0.25, 0.3) is 0 Å². The van der Waals surface area contributed by atoms with Crippen molar-refractivity contribution in [3.05, 3.63) is 103 Å². The minimum absolute atomic E-state index is 0.145. The molecule has 156 valence electrons. The number of carbonyl (C=O) groups is 1. The Labute approximate surface area is 183 Å². The first-order chi connectivity index (χ1) is 14.8. The first-order valence-electron chi connectivity index (χ1n) is 8.63. The number of nitrogens with zero attached hydrogens (tertiary/aromatic N) is 3. The van der Waals surface area contributed by atoms with Crippen LogP contribution in [-0.4, -0.2) is 22.0 Å². The lowest BCUT2D eigenvalue weighted by Crippen LogP contribution is -2.17. The van der Waals surface area contributed by atoms with Crippen LogP contribution in [0.15, 0.2) is 76.3 Å². The molecule has 10 nitrogen and oxygen atoms in total. The molecule has 0 radical (unpaired) electrons. The molecule has 0 heterocycles. The quantitative estimate of drug-likeness (QED) is 0.289. The molecule has 0 saturated carbocycles. The molecule has 0 bridgehead atoms. The SMILES string of the molecule is O=C(N/N=C\c1cccc(Oc2ccc([N+](=O)[O-])cc2[N+](=O)[O-])c1)c1ccc(Br)cc1. The summed E-state index contributed by atoms with van der Waals surface area (Å²) in [6.07, 6.45) is 1.38. The van der Waals surface area contributed by atoms with Crippen LogP contribution in [0.1, 0.15) is 15.9 Å². The Morgan fingerprint density at radius 1 is 1.00 bits per heavy atom. The zero-order valence-corrected chi connectivity index (χ0v) is 17.2. The van der Waals surface area contributed by atoms with Crippen LogP contribution in [0.2, 0.25) is 0 Å². The number of non-ortho nitro benzene ring substituents is 1. The maximum Gasteiger partial charge on any atom is 0.318 e. The van der Waals surface area contributed by atoms with Crippen LogP contribution >= 0.6 is 15.9 Å². The number of hydrogen-bond acceptors (Lipinski definition) is 7. The number of hydrazone groups is 1. The van der Waals surface area contributed by atoms with Crippen molar-refractivity contribution in [3.8, 4) is 11.5 Å². The fraction of sp³-hybridized carbons (Fsp3) is 0. The van der Waals surface area contributed by atoms with Crippen LogP contribution in [0.3, 0.4) is 0 Å². The molecule has 3 rings (SSSR count). The summed E-state index contributed by atoms with van der Waals surface area (Å²) in [5, 5.41) is 26.0. The van der Waals surface area contributed by atoms with E-state index in [1.54, 1.807) is 48.5 Å². The molecule has 3 aromatic rings. The van der Waals surface area contributed by atoms with Gasteiger partial charge in [-0.15, -0.1) is 0 Å². The normalized spacial score (nSPS) is 10.6. The van der Waals surface area contributed by atoms with Crippen molar-refractivity contribution in [1.29, 1.82) is 0 Å². The molecule has 1 amide bonds. The summed E-state index contributed by atoms with van der Waals surface area (Å²) in [4.78, 5) is 32.6. The van der Waals surface area contributed by atoms with Crippen molar-refractivity contribution < 1.29 is 19.4 Å². The predicted octanol–water partition coefficient (Wildman–Crippen LogP) is 4.82. The zero-order chi connectivity index (χ0) is 22.4. The lowest BCUT2D eigenvalue weighted by atomic mass is 10.2. The lowest BCUT2D eigenvalue weighted by Gasteiger charge is -2.07. The summed E-state index contributed by atoms with van der Waals surface area (Å²) in [5.74, 6) is -0.286. The topological polar surface area (TPSA) is 137 Å². The van der Waals surface area contributed by atoms with E-state index in [4.69, 9.17) is 4.74 Å². The van der Waals surface area contributed by atoms with Gasteiger partial charge >= 0.3 is 5.69 Å². The standard InChI is InChI=1S/C20H13BrN4O6/c21-15-6-4-14(5-7-15)20(26)23-22-12-13-2-1-3-17(10-13)31-19-9-8-16(24(27)28)11-18(19)25(29)30/h1-12H,(H,23,26)/b22-12-. The fourth-order valence-corrected chi connectivity index (χ4v) is 2.73. The molecule has 0 unspecified atom stereocenters. The Bertz CT molecular complexity index is 1180. The molecule has 0 atom stereocenters. The van der Waals surface area contributed by atoms with Crippen LogP contribution in [0, 0.1) is 20.2 Å². The number of benzene rings is 3. The van der Waals surface area contributed by atoms with Crippen molar-refractivity contribution in [2.24, 2.45) is 5.10 Å². The van der Waals surface area contributed by atoms with Crippen molar-refractivity contribution in [2.75, 3.05) is 0 Å². The average Bonchev–Trinajstić information content (AvgIpc) is 2.74. The van der Waals surface area contributed by atoms with E-state index in [0.717, 1.165) is 22.7 Å². The Morgan fingerprint density at radius 3 is 2.42 bits per heavy atom. The molecule has 1 N–H and O–H groups in total. The van der Waals surface area contributed by atoms with Crippen molar-refractivity contribution in [3.63, 3.8) is 0 Å². The lowest BCUT2D eigenvalue weighted by molar-refractivity contribution is -0.394. The summed E-state index contributed by atoms with van der Waals surface area (Å²) in [6, 6.07) is 16.3. The number of carbonyl (C=O) groups excluding carboxylic acids is 1. The van der Waals surface area contributed by atoms with E-state index in [-0.39, 0.29) is 11.5 Å². The molecular formula is C20H13BrN4O6. The predicted molar refractivity (Wildman–Crippen MR) is 115 cm³/mol. The summed E-state index contributed by atoms with van der Waals surface area (Å²) in [6.45, 7) is 0. The highest BCUT2D eigenvalue weighted by Crippen LogP contribution is 2.34. The highest BCUT2D eigenvalue weighted by Gasteiger charge is 2.21. The van der Waals surface area contributed by atoms with Gasteiger partial charge in [-0.3, -0.25) is 25.0 Å². The summed E-state index contributed by atoms with van der Waals surface area (Å²) >= 11 is 3.29. The van der Waals surface area contributed by atoms with Gasteiger partial charge in [-0.2, -0.15) is 5.10 Å². The maximum atomic E-state index is 12.1. The van der Waals surface area contributed by atoms with Gasteiger partial charge in [-0.05, 0) is 48.0 Å². The molecule has 0 aliphatic carbocycles. The Morgan fingerprint density at radius 2 is 1.74 bits per heavy atom. The number of ether oxygens (including phenoxy) is 1. The second kappa shape index (κ2) is 9.59. The molecule has 3 aromatic carbocycles. The summed E-state index contributed by atoms with van der Waals surface area (Å²) in [7, 11) is 0. The van der Waals surface area contributed by atoms with Crippen LogP contribution in [0.5, 0.6) is 11.5 Å². The average molecular weight is 485 g/mol. The van der Waals surface area contributed by atoms with Crippen molar-refractivity contribution in [2.45, 2.75) is 0 Å². The Balaban J connectivity index is 1.72. The third-order valence-electron chi connectivity index (χ3n) is 3.92. The van der Waals surface area contributed by atoms with E-state index >= 15 is 0 Å². The first kappa shape index (κ1) is 21.6.